The minimum Gasteiger partial charge on any atom is -0.482 e. The number of esters is 1. The van der Waals surface area contributed by atoms with Gasteiger partial charge in [0.2, 0.25) is 0 Å². The number of hydrogen-bond acceptors (Lipinski definition) is 4. The molecule has 0 radical (unpaired) electrons. The Bertz CT molecular complexity index is 1060. The van der Waals surface area contributed by atoms with Gasteiger partial charge in [-0.2, -0.15) is 0 Å². The molecule has 142 valence electrons. The lowest BCUT2D eigenvalue weighted by Crippen LogP contribution is -2.21. The number of carbonyl (C=O) groups excluding carboxylic acids is 2. The molecule has 2 aliphatic heterocycles. The summed E-state index contributed by atoms with van der Waals surface area (Å²) >= 11 is 0. The van der Waals surface area contributed by atoms with Crippen molar-refractivity contribution in [3.63, 3.8) is 0 Å². The van der Waals surface area contributed by atoms with E-state index in [0.717, 1.165) is 11.1 Å². The standard InChI is InChI=1S/C22H18FNO4/c1-22(2)16(12-4-6-13(7-5-12)21(26)27-3)11-18(28-22)19-15-9-8-14(23)10-17(15)24-20(19)25/h4-11H,1-3H3,(H,24,25). The summed E-state index contributed by atoms with van der Waals surface area (Å²) in [6.45, 7) is 3.80. The molecular weight excluding hydrogens is 361 g/mol. The second kappa shape index (κ2) is 6.34. The number of anilines is 1. The molecule has 0 atom stereocenters. The van der Waals surface area contributed by atoms with Gasteiger partial charge in [-0.25, -0.2) is 9.18 Å². The largest absolute Gasteiger partial charge is 0.482 e. The molecule has 0 saturated carbocycles. The fraction of sp³-hybridized carbons (Fsp3) is 0.182. The van der Waals surface area contributed by atoms with Crippen LogP contribution in [-0.4, -0.2) is 24.6 Å². The van der Waals surface area contributed by atoms with E-state index in [1.165, 1.54) is 19.2 Å². The number of rotatable bonds is 2. The van der Waals surface area contributed by atoms with E-state index in [-0.39, 0.29) is 5.91 Å². The van der Waals surface area contributed by atoms with Crippen LogP contribution in [0.1, 0.15) is 35.3 Å². The van der Waals surface area contributed by atoms with Crippen molar-refractivity contribution in [2.24, 2.45) is 0 Å². The molecule has 0 bridgehead atoms. The Morgan fingerprint density at radius 2 is 1.86 bits per heavy atom. The van der Waals surface area contributed by atoms with E-state index in [9.17, 15) is 14.0 Å². The lowest BCUT2D eigenvalue weighted by molar-refractivity contribution is -0.111. The van der Waals surface area contributed by atoms with Gasteiger partial charge in [0.05, 0.1) is 23.9 Å². The first kappa shape index (κ1) is 18.0. The summed E-state index contributed by atoms with van der Waals surface area (Å²) in [5, 5.41) is 2.68. The van der Waals surface area contributed by atoms with Crippen molar-refractivity contribution < 1.29 is 23.5 Å². The third-order valence-electron chi connectivity index (χ3n) is 4.88. The Hall–Kier alpha value is -3.41. The summed E-state index contributed by atoms with van der Waals surface area (Å²) in [7, 11) is 1.33. The highest BCUT2D eigenvalue weighted by atomic mass is 19.1. The van der Waals surface area contributed by atoms with Crippen LogP contribution in [0.4, 0.5) is 10.1 Å². The lowest BCUT2D eigenvalue weighted by atomic mass is 9.91. The number of methoxy groups -OCH3 is 1. The molecule has 0 fully saturated rings. The molecular formula is C22H18FNO4. The molecule has 0 aromatic heterocycles. The average Bonchev–Trinajstić information content (AvgIpc) is 3.15. The van der Waals surface area contributed by atoms with E-state index < -0.39 is 17.4 Å². The first-order valence-electron chi connectivity index (χ1n) is 8.75. The summed E-state index contributed by atoms with van der Waals surface area (Å²) in [5.74, 6) is -0.721. The van der Waals surface area contributed by atoms with Gasteiger partial charge in [0.25, 0.3) is 5.91 Å². The van der Waals surface area contributed by atoms with Crippen LogP contribution in [0.3, 0.4) is 0 Å². The van der Waals surface area contributed by atoms with Crippen molar-refractivity contribution >= 4 is 28.7 Å². The van der Waals surface area contributed by atoms with Crippen LogP contribution in [0.2, 0.25) is 0 Å². The minimum absolute atomic E-state index is 0.329. The van der Waals surface area contributed by atoms with Gasteiger partial charge in [0, 0.05) is 11.1 Å². The average molecular weight is 379 g/mol. The van der Waals surface area contributed by atoms with Crippen molar-refractivity contribution in [2.75, 3.05) is 12.4 Å². The molecule has 6 heteroatoms. The van der Waals surface area contributed by atoms with Gasteiger partial charge in [0.1, 0.15) is 17.2 Å². The maximum Gasteiger partial charge on any atom is 0.337 e. The van der Waals surface area contributed by atoms with Crippen LogP contribution in [0.5, 0.6) is 0 Å². The quantitative estimate of drug-likeness (QED) is 0.628. The first-order chi connectivity index (χ1) is 13.3. The molecule has 28 heavy (non-hydrogen) atoms. The van der Waals surface area contributed by atoms with Crippen LogP contribution >= 0.6 is 0 Å². The van der Waals surface area contributed by atoms with Gasteiger partial charge in [-0.15, -0.1) is 0 Å². The third-order valence-corrected chi connectivity index (χ3v) is 4.88. The maximum absolute atomic E-state index is 13.5. The number of nitrogens with one attached hydrogen (secondary N) is 1. The predicted octanol–water partition coefficient (Wildman–Crippen LogP) is 4.17. The molecule has 5 nitrogen and oxygen atoms in total. The smallest absolute Gasteiger partial charge is 0.337 e. The molecule has 0 spiro atoms. The third kappa shape index (κ3) is 2.87. The monoisotopic (exact) mass is 379 g/mol. The molecule has 4 rings (SSSR count). The van der Waals surface area contributed by atoms with Gasteiger partial charge >= 0.3 is 5.97 Å². The van der Waals surface area contributed by atoms with E-state index in [2.05, 4.69) is 5.32 Å². The minimum atomic E-state index is -0.682. The Kier molecular flexibility index (Phi) is 4.07. The van der Waals surface area contributed by atoms with Crippen LogP contribution in [0, 0.1) is 5.82 Å². The van der Waals surface area contributed by atoms with E-state index in [1.807, 2.05) is 32.1 Å². The van der Waals surface area contributed by atoms with E-state index in [1.54, 1.807) is 18.2 Å². The number of benzene rings is 2. The van der Waals surface area contributed by atoms with Crippen LogP contribution in [-0.2, 0) is 14.3 Å². The molecule has 0 aliphatic carbocycles. The van der Waals surface area contributed by atoms with E-state index in [4.69, 9.17) is 9.47 Å². The highest BCUT2D eigenvalue weighted by Crippen LogP contribution is 2.44. The fourth-order valence-corrected chi connectivity index (χ4v) is 3.51. The maximum atomic E-state index is 13.5. The molecule has 2 heterocycles. The number of halogens is 1. The van der Waals surface area contributed by atoms with Crippen molar-refractivity contribution in [2.45, 2.75) is 19.4 Å². The Morgan fingerprint density at radius 1 is 1.14 bits per heavy atom. The molecule has 2 aromatic carbocycles. The summed E-state index contributed by atoms with van der Waals surface area (Å²) in [6, 6.07) is 11.2. The number of carbonyl (C=O) groups is 2. The number of amides is 1. The number of ether oxygens (including phenoxy) is 2. The molecule has 0 unspecified atom stereocenters. The molecule has 1 N–H and O–H groups in total. The van der Waals surface area contributed by atoms with E-state index in [0.29, 0.717) is 28.1 Å². The molecule has 0 saturated heterocycles. The first-order valence-corrected chi connectivity index (χ1v) is 8.75. The second-order valence-electron chi connectivity index (χ2n) is 7.12. The van der Waals surface area contributed by atoms with Gasteiger partial charge < -0.3 is 14.8 Å². The summed E-state index contributed by atoms with van der Waals surface area (Å²) < 4.78 is 24.3. The van der Waals surface area contributed by atoms with Gasteiger partial charge in [-0.1, -0.05) is 12.1 Å². The number of fused-ring (bicyclic) bond motifs is 1. The van der Waals surface area contributed by atoms with Gasteiger partial charge in [-0.3, -0.25) is 4.79 Å². The van der Waals surface area contributed by atoms with Crippen LogP contribution in [0.25, 0.3) is 11.1 Å². The zero-order valence-electron chi connectivity index (χ0n) is 15.6. The molecule has 2 aliphatic rings. The highest BCUT2D eigenvalue weighted by molar-refractivity contribution is 6.32. The predicted molar refractivity (Wildman–Crippen MR) is 103 cm³/mol. The molecule has 2 aromatic rings. The van der Waals surface area contributed by atoms with Crippen molar-refractivity contribution in [1.82, 2.24) is 0 Å². The number of hydrogen-bond donors (Lipinski definition) is 1. The Morgan fingerprint density at radius 3 is 2.54 bits per heavy atom. The van der Waals surface area contributed by atoms with Crippen molar-refractivity contribution in [1.29, 1.82) is 0 Å². The van der Waals surface area contributed by atoms with Crippen LogP contribution < -0.4 is 5.32 Å². The fourth-order valence-electron chi connectivity index (χ4n) is 3.51. The topological polar surface area (TPSA) is 64.6 Å². The Balaban J connectivity index is 1.78. The second-order valence-corrected chi connectivity index (χ2v) is 7.12. The lowest BCUT2D eigenvalue weighted by Gasteiger charge is -2.23. The highest BCUT2D eigenvalue weighted by Gasteiger charge is 2.38. The van der Waals surface area contributed by atoms with Gasteiger partial charge in [-0.05, 0) is 55.8 Å². The number of allylic oxidation sites excluding steroid dienone is 1. The van der Waals surface area contributed by atoms with Gasteiger partial charge in [0.15, 0.2) is 0 Å². The van der Waals surface area contributed by atoms with Crippen molar-refractivity contribution in [3.05, 3.63) is 76.8 Å². The Labute approximate surface area is 161 Å². The SMILES string of the molecule is COC(=O)c1ccc(C2=CC(=C3C(=O)Nc4cc(F)ccc43)OC2(C)C)cc1. The summed E-state index contributed by atoms with van der Waals surface area (Å²) in [6.07, 6.45) is 1.82. The summed E-state index contributed by atoms with van der Waals surface area (Å²) in [5.41, 5.74) is 2.92. The normalized spacial score (nSPS) is 19.6. The molecule has 1 amide bonds. The van der Waals surface area contributed by atoms with Crippen molar-refractivity contribution in [3.8, 4) is 0 Å². The zero-order valence-corrected chi connectivity index (χ0v) is 15.6. The zero-order chi connectivity index (χ0) is 20.1. The summed E-state index contributed by atoms with van der Waals surface area (Å²) in [4.78, 5) is 24.1. The van der Waals surface area contributed by atoms with Crippen LogP contribution in [0.15, 0.2) is 54.3 Å². The van der Waals surface area contributed by atoms with E-state index >= 15 is 0 Å².